The third-order valence-corrected chi connectivity index (χ3v) is 6.78. The second kappa shape index (κ2) is 5.84. The Morgan fingerprint density at radius 1 is 0.933 bits per heavy atom. The highest BCUT2D eigenvalue weighted by molar-refractivity contribution is 6.02. The van der Waals surface area contributed by atoms with Crippen LogP contribution in [0.3, 0.4) is 0 Å². The van der Waals surface area contributed by atoms with Crippen molar-refractivity contribution < 1.29 is 24.2 Å². The number of amides is 1. The molecule has 3 aliphatic heterocycles. The lowest BCUT2D eigenvalue weighted by atomic mass is 9.84. The Balaban J connectivity index is 1.20. The molecule has 0 aromatic heterocycles. The first-order valence-corrected chi connectivity index (χ1v) is 10.2. The van der Waals surface area contributed by atoms with Crippen LogP contribution in [0.15, 0.2) is 47.5 Å². The van der Waals surface area contributed by atoms with Crippen LogP contribution in [0.25, 0.3) is 0 Å². The molecule has 0 saturated carbocycles. The van der Waals surface area contributed by atoms with E-state index in [1.807, 2.05) is 29.2 Å². The number of likely N-dealkylation sites (tertiary alicyclic amines) is 1. The van der Waals surface area contributed by atoms with E-state index in [9.17, 15) is 14.7 Å². The van der Waals surface area contributed by atoms with Gasteiger partial charge in [0, 0.05) is 44.3 Å². The third-order valence-electron chi connectivity index (χ3n) is 6.78. The van der Waals surface area contributed by atoms with Crippen LogP contribution < -0.4 is 0 Å². The normalized spacial score (nSPS) is 25.9. The van der Waals surface area contributed by atoms with Crippen molar-refractivity contribution >= 4 is 17.9 Å². The molecular weight excluding hydrogens is 384 g/mol. The molecule has 2 aromatic rings. The minimum Gasteiger partial charge on any atom is -0.508 e. The lowest BCUT2D eigenvalue weighted by molar-refractivity contribution is -0.130. The Kier molecular flexibility index (Phi) is 3.41. The first-order valence-electron chi connectivity index (χ1n) is 10.2. The number of piperidine rings is 1. The summed E-state index contributed by atoms with van der Waals surface area (Å²) in [7, 11) is 0. The third kappa shape index (κ3) is 2.35. The Labute approximate surface area is 172 Å². The smallest absolute Gasteiger partial charge is 0.339 e. The zero-order chi connectivity index (χ0) is 20.5. The molecule has 2 spiro atoms. The van der Waals surface area contributed by atoms with Gasteiger partial charge in [-0.2, -0.15) is 4.99 Å². The van der Waals surface area contributed by atoms with Crippen molar-refractivity contribution in [3.05, 3.63) is 64.7 Å². The van der Waals surface area contributed by atoms with Crippen LogP contribution >= 0.6 is 0 Å². The van der Waals surface area contributed by atoms with E-state index in [1.54, 1.807) is 18.2 Å². The molecule has 7 heteroatoms. The summed E-state index contributed by atoms with van der Waals surface area (Å²) < 4.78 is 12.0. The van der Waals surface area contributed by atoms with Gasteiger partial charge in [-0.25, -0.2) is 4.79 Å². The highest BCUT2D eigenvalue weighted by Crippen LogP contribution is 2.45. The number of ether oxygens (including phenoxy) is 2. The van der Waals surface area contributed by atoms with Crippen LogP contribution in [0, 0.1) is 0 Å². The van der Waals surface area contributed by atoms with Gasteiger partial charge >= 0.3 is 5.97 Å². The van der Waals surface area contributed by atoms with E-state index in [1.165, 1.54) is 0 Å². The first-order chi connectivity index (χ1) is 14.5. The molecule has 7 nitrogen and oxygen atoms in total. The topological polar surface area (TPSA) is 88.4 Å². The largest absolute Gasteiger partial charge is 0.508 e. The molecule has 1 atom stereocenters. The van der Waals surface area contributed by atoms with Gasteiger partial charge < -0.3 is 19.5 Å². The van der Waals surface area contributed by atoms with E-state index in [4.69, 9.17) is 9.47 Å². The fourth-order valence-corrected chi connectivity index (χ4v) is 5.19. The summed E-state index contributed by atoms with van der Waals surface area (Å²) in [6.45, 7) is 1.16. The number of phenols is 1. The number of rotatable bonds is 0. The second-order valence-corrected chi connectivity index (χ2v) is 8.52. The average Bonchev–Trinajstić information content (AvgIpc) is 3.35. The standard InChI is InChI=1S/C23H20N2O5/c26-16-6-5-14-12-23(13-15(14)11-16)20(28)24-21(30-23)25-9-7-22(8-10-25)18-4-2-1-3-17(18)19(27)29-22/h1-6,11,26H,7-10,12-13H2. The molecule has 1 N–H and O–H groups in total. The maximum absolute atomic E-state index is 12.8. The van der Waals surface area contributed by atoms with Crippen molar-refractivity contribution in [3.63, 3.8) is 0 Å². The predicted octanol–water partition coefficient (Wildman–Crippen LogP) is 2.30. The fraction of sp³-hybridized carbons (Fsp3) is 0.348. The Morgan fingerprint density at radius 3 is 2.53 bits per heavy atom. The van der Waals surface area contributed by atoms with Gasteiger partial charge in [0.1, 0.15) is 11.4 Å². The molecule has 2 aromatic carbocycles. The van der Waals surface area contributed by atoms with E-state index in [0.29, 0.717) is 50.4 Å². The predicted molar refractivity (Wildman–Crippen MR) is 106 cm³/mol. The minimum absolute atomic E-state index is 0.185. The van der Waals surface area contributed by atoms with Crippen LogP contribution in [-0.2, 0) is 32.7 Å². The summed E-state index contributed by atoms with van der Waals surface area (Å²) in [5.74, 6) is -0.356. The molecule has 0 bridgehead atoms. The number of phenolic OH excluding ortho intramolecular Hbond substituents is 1. The number of hydrogen-bond donors (Lipinski definition) is 1. The van der Waals surface area contributed by atoms with Gasteiger partial charge in [-0.1, -0.05) is 24.3 Å². The van der Waals surface area contributed by atoms with Crippen LogP contribution in [0.5, 0.6) is 5.75 Å². The molecular formula is C23H20N2O5. The number of carbonyl (C=O) groups excluding carboxylic acids is 2. The number of aliphatic imine (C=N–C) groups is 1. The molecule has 152 valence electrons. The van der Waals surface area contributed by atoms with Gasteiger partial charge in [0.15, 0.2) is 0 Å². The summed E-state index contributed by atoms with van der Waals surface area (Å²) in [5.41, 5.74) is 1.90. The first kappa shape index (κ1) is 17.5. The average molecular weight is 404 g/mol. The molecule has 3 heterocycles. The number of amidine groups is 1. The Bertz CT molecular complexity index is 1130. The number of fused-ring (bicyclic) bond motifs is 3. The SMILES string of the molecule is O=C1OC2(CCN(C3=NC(=O)C4(Cc5ccc(O)cc5C4)O3)CC2)c2ccccc21. The number of aromatic hydroxyl groups is 1. The minimum atomic E-state index is -1.01. The second-order valence-electron chi connectivity index (χ2n) is 8.52. The van der Waals surface area contributed by atoms with E-state index in [2.05, 4.69) is 4.99 Å². The molecule has 4 aliphatic rings. The number of benzene rings is 2. The highest BCUT2D eigenvalue weighted by Gasteiger charge is 2.53. The van der Waals surface area contributed by atoms with Gasteiger partial charge in [0.05, 0.1) is 5.56 Å². The molecule has 1 fully saturated rings. The quantitative estimate of drug-likeness (QED) is 0.678. The number of nitrogens with zero attached hydrogens (tertiary/aromatic N) is 2. The zero-order valence-electron chi connectivity index (χ0n) is 16.3. The summed E-state index contributed by atoms with van der Waals surface area (Å²) in [6.07, 6.45) is 2.10. The Morgan fingerprint density at radius 2 is 1.70 bits per heavy atom. The monoisotopic (exact) mass is 404 g/mol. The number of esters is 1. The summed E-state index contributed by atoms with van der Waals surface area (Å²) >= 11 is 0. The van der Waals surface area contributed by atoms with Gasteiger partial charge in [0.25, 0.3) is 11.9 Å². The summed E-state index contributed by atoms with van der Waals surface area (Å²) in [4.78, 5) is 31.3. The fourth-order valence-electron chi connectivity index (χ4n) is 5.19. The molecule has 30 heavy (non-hydrogen) atoms. The van der Waals surface area contributed by atoms with Gasteiger partial charge in [-0.15, -0.1) is 0 Å². The number of carbonyl (C=O) groups is 2. The summed E-state index contributed by atoms with van der Waals surface area (Å²) in [6, 6.07) is 13.1. The van der Waals surface area contributed by atoms with E-state index in [-0.39, 0.29) is 17.6 Å². The van der Waals surface area contributed by atoms with Crippen LogP contribution in [0.2, 0.25) is 0 Å². The molecule has 0 radical (unpaired) electrons. The molecule has 1 saturated heterocycles. The molecule has 1 aliphatic carbocycles. The van der Waals surface area contributed by atoms with Gasteiger partial charge in [0.2, 0.25) is 5.60 Å². The highest BCUT2D eigenvalue weighted by atomic mass is 16.6. The van der Waals surface area contributed by atoms with Crippen molar-refractivity contribution in [2.45, 2.75) is 36.9 Å². The van der Waals surface area contributed by atoms with Gasteiger partial charge in [-0.3, -0.25) is 4.79 Å². The maximum Gasteiger partial charge on any atom is 0.339 e. The van der Waals surface area contributed by atoms with Gasteiger partial charge in [-0.05, 0) is 29.3 Å². The molecule has 6 rings (SSSR count). The van der Waals surface area contributed by atoms with Crippen molar-refractivity contribution in [1.82, 2.24) is 4.90 Å². The van der Waals surface area contributed by atoms with Crippen molar-refractivity contribution in [2.24, 2.45) is 4.99 Å². The van der Waals surface area contributed by atoms with E-state index >= 15 is 0 Å². The zero-order valence-corrected chi connectivity index (χ0v) is 16.3. The maximum atomic E-state index is 12.8. The molecule has 1 amide bonds. The lowest BCUT2D eigenvalue weighted by Crippen LogP contribution is -2.47. The van der Waals surface area contributed by atoms with E-state index in [0.717, 1.165) is 16.7 Å². The van der Waals surface area contributed by atoms with Crippen molar-refractivity contribution in [3.8, 4) is 5.75 Å². The van der Waals surface area contributed by atoms with Crippen LogP contribution in [-0.4, -0.2) is 46.6 Å². The van der Waals surface area contributed by atoms with E-state index < -0.39 is 11.2 Å². The lowest BCUT2D eigenvalue weighted by Gasteiger charge is -2.39. The van der Waals surface area contributed by atoms with Crippen molar-refractivity contribution in [1.29, 1.82) is 0 Å². The van der Waals surface area contributed by atoms with Crippen molar-refractivity contribution in [2.75, 3.05) is 13.1 Å². The van der Waals surface area contributed by atoms with Crippen LogP contribution in [0.1, 0.15) is 39.9 Å². The van der Waals surface area contributed by atoms with Crippen LogP contribution in [0.4, 0.5) is 0 Å². The summed E-state index contributed by atoms with van der Waals surface area (Å²) in [5, 5.41) is 9.74. The molecule has 1 unspecified atom stereocenters. The number of hydrogen-bond acceptors (Lipinski definition) is 6. The Hall–Kier alpha value is -3.35.